The summed E-state index contributed by atoms with van der Waals surface area (Å²) in [5.74, 6) is -1.17. The average molecular weight is 371 g/mol. The monoisotopic (exact) mass is 371 g/mol. The first-order chi connectivity index (χ1) is 13.0. The fraction of sp³-hybridized carbons (Fsp3) is 0.368. The molecule has 0 aliphatic heterocycles. The van der Waals surface area contributed by atoms with Crippen LogP contribution in [-0.2, 0) is 14.3 Å². The van der Waals surface area contributed by atoms with Gasteiger partial charge in [0.15, 0.2) is 11.7 Å². The number of fused-ring (bicyclic) bond motifs is 1. The van der Waals surface area contributed by atoms with E-state index < -0.39 is 24.0 Å². The predicted octanol–water partition coefficient (Wildman–Crippen LogP) is 2.54. The van der Waals surface area contributed by atoms with E-state index >= 15 is 0 Å². The van der Waals surface area contributed by atoms with E-state index in [1.165, 1.54) is 13.0 Å². The lowest BCUT2D eigenvalue weighted by Crippen LogP contribution is -2.47. The molecule has 3 rings (SSSR count). The number of imide groups is 1. The second kappa shape index (κ2) is 8.48. The number of ether oxygens (including phenoxy) is 1. The van der Waals surface area contributed by atoms with E-state index in [9.17, 15) is 14.4 Å². The molecule has 1 aromatic heterocycles. The zero-order valence-corrected chi connectivity index (χ0v) is 14.9. The molecule has 3 amide bonds. The van der Waals surface area contributed by atoms with Crippen molar-refractivity contribution in [1.29, 1.82) is 0 Å². The molecule has 1 aromatic carbocycles. The summed E-state index contributed by atoms with van der Waals surface area (Å²) in [5, 5.41) is 4.91. The molecule has 1 heterocycles. The highest BCUT2D eigenvalue weighted by molar-refractivity contribution is 5.98. The van der Waals surface area contributed by atoms with Gasteiger partial charge in [-0.1, -0.05) is 25.0 Å². The molecule has 1 fully saturated rings. The number of para-hydroxylation sites is 2. The van der Waals surface area contributed by atoms with E-state index in [0.717, 1.165) is 31.8 Å². The first-order valence-electron chi connectivity index (χ1n) is 8.87. The highest BCUT2D eigenvalue weighted by Gasteiger charge is 2.22. The number of urea groups is 1. The Bertz CT molecular complexity index is 834. The number of esters is 1. The second-order valence-corrected chi connectivity index (χ2v) is 6.38. The normalized spacial score (nSPS) is 15.7. The molecule has 0 bridgehead atoms. The minimum Gasteiger partial charge on any atom is -0.449 e. The van der Waals surface area contributed by atoms with Crippen molar-refractivity contribution in [2.75, 3.05) is 0 Å². The van der Waals surface area contributed by atoms with Crippen molar-refractivity contribution in [2.45, 2.75) is 44.8 Å². The number of benzene rings is 1. The molecule has 2 N–H and O–H groups in total. The third-order valence-electron chi connectivity index (χ3n) is 4.26. The molecule has 8 nitrogen and oxygen atoms in total. The van der Waals surface area contributed by atoms with Crippen LogP contribution in [0.1, 0.15) is 38.5 Å². The number of aromatic nitrogens is 1. The van der Waals surface area contributed by atoms with Gasteiger partial charge in [0, 0.05) is 18.2 Å². The van der Waals surface area contributed by atoms with Crippen molar-refractivity contribution in [3.05, 3.63) is 36.2 Å². The average Bonchev–Trinajstić information content (AvgIpc) is 3.28. The summed E-state index contributed by atoms with van der Waals surface area (Å²) in [5.41, 5.74) is 1.28. The van der Waals surface area contributed by atoms with Gasteiger partial charge in [-0.15, -0.1) is 0 Å². The molecule has 142 valence electrons. The van der Waals surface area contributed by atoms with Crippen LogP contribution in [0.4, 0.5) is 4.79 Å². The van der Waals surface area contributed by atoms with Gasteiger partial charge < -0.3 is 14.5 Å². The maximum atomic E-state index is 12.0. The van der Waals surface area contributed by atoms with Crippen LogP contribution in [0.25, 0.3) is 17.2 Å². The van der Waals surface area contributed by atoms with Crippen LogP contribution in [0.15, 0.2) is 34.8 Å². The summed E-state index contributed by atoms with van der Waals surface area (Å²) in [6.07, 6.45) is 5.32. The Hall–Kier alpha value is -3.16. The third-order valence-corrected chi connectivity index (χ3v) is 4.26. The summed E-state index contributed by atoms with van der Waals surface area (Å²) in [4.78, 5) is 39.8. The van der Waals surface area contributed by atoms with Crippen molar-refractivity contribution in [3.8, 4) is 0 Å². The molecule has 0 radical (unpaired) electrons. The highest BCUT2D eigenvalue weighted by Crippen LogP contribution is 2.17. The number of nitrogens with one attached hydrogen (secondary N) is 2. The number of hydrogen-bond donors (Lipinski definition) is 2. The summed E-state index contributed by atoms with van der Waals surface area (Å²) in [7, 11) is 0. The largest absolute Gasteiger partial charge is 0.449 e. The van der Waals surface area contributed by atoms with Gasteiger partial charge in [-0.2, -0.15) is 0 Å². The summed E-state index contributed by atoms with van der Waals surface area (Å²) >= 11 is 0. The van der Waals surface area contributed by atoms with Gasteiger partial charge in [-0.3, -0.25) is 10.1 Å². The number of amides is 3. The predicted molar refractivity (Wildman–Crippen MR) is 97.5 cm³/mol. The molecular formula is C19H21N3O5. The van der Waals surface area contributed by atoms with Crippen LogP contribution in [0, 0.1) is 0 Å². The van der Waals surface area contributed by atoms with Gasteiger partial charge in [0.2, 0.25) is 5.89 Å². The molecule has 1 saturated carbocycles. The molecule has 1 atom stereocenters. The number of rotatable bonds is 5. The topological polar surface area (TPSA) is 111 Å². The Morgan fingerprint density at radius 2 is 2.00 bits per heavy atom. The number of carbonyl (C=O) groups is 3. The third kappa shape index (κ3) is 5.16. The molecule has 27 heavy (non-hydrogen) atoms. The Balaban J connectivity index is 1.47. The summed E-state index contributed by atoms with van der Waals surface area (Å²) in [6.45, 7) is 1.39. The van der Waals surface area contributed by atoms with Crippen LogP contribution in [-0.4, -0.2) is 35.0 Å². The maximum absolute atomic E-state index is 12.0. The second-order valence-electron chi connectivity index (χ2n) is 6.38. The fourth-order valence-corrected chi connectivity index (χ4v) is 2.87. The number of nitrogens with zero attached hydrogens (tertiary/aromatic N) is 1. The van der Waals surface area contributed by atoms with E-state index in [1.54, 1.807) is 12.1 Å². The Morgan fingerprint density at radius 1 is 1.26 bits per heavy atom. The van der Waals surface area contributed by atoms with Gasteiger partial charge in [0.05, 0.1) is 0 Å². The van der Waals surface area contributed by atoms with Crippen molar-refractivity contribution in [1.82, 2.24) is 15.6 Å². The van der Waals surface area contributed by atoms with E-state index in [4.69, 9.17) is 9.15 Å². The molecule has 1 aliphatic carbocycles. The van der Waals surface area contributed by atoms with Crippen LogP contribution in [0.5, 0.6) is 0 Å². The zero-order valence-electron chi connectivity index (χ0n) is 14.9. The number of oxazole rings is 1. The zero-order chi connectivity index (χ0) is 19.2. The molecule has 0 spiro atoms. The standard InChI is InChI=1S/C19H21N3O5/c1-12(18(24)22-19(25)20-13-6-2-3-7-13)26-17(23)11-10-16-21-14-8-4-5-9-15(14)27-16/h4-5,8-13H,2-3,6-7H2,1H3,(H2,20,22,24,25)/b11-10+/t12-/m1/s1. The van der Waals surface area contributed by atoms with Crippen LogP contribution >= 0.6 is 0 Å². The molecule has 0 saturated heterocycles. The Morgan fingerprint density at radius 3 is 2.74 bits per heavy atom. The van der Waals surface area contributed by atoms with Gasteiger partial charge in [-0.25, -0.2) is 14.6 Å². The maximum Gasteiger partial charge on any atom is 0.331 e. The van der Waals surface area contributed by atoms with Crippen LogP contribution in [0.3, 0.4) is 0 Å². The van der Waals surface area contributed by atoms with Crippen LogP contribution in [0.2, 0.25) is 0 Å². The van der Waals surface area contributed by atoms with Gasteiger partial charge >= 0.3 is 12.0 Å². The Labute approximate surface area is 156 Å². The van der Waals surface area contributed by atoms with E-state index in [2.05, 4.69) is 15.6 Å². The van der Waals surface area contributed by atoms with Gasteiger partial charge in [-0.05, 0) is 31.9 Å². The lowest BCUT2D eigenvalue weighted by atomic mass is 10.2. The smallest absolute Gasteiger partial charge is 0.331 e. The number of carbonyl (C=O) groups excluding carboxylic acids is 3. The molecular weight excluding hydrogens is 350 g/mol. The van der Waals surface area contributed by atoms with E-state index in [-0.39, 0.29) is 11.9 Å². The van der Waals surface area contributed by atoms with Crippen molar-refractivity contribution < 1.29 is 23.5 Å². The Kier molecular flexibility index (Phi) is 5.85. The molecule has 1 aliphatic rings. The first kappa shape index (κ1) is 18.6. The summed E-state index contributed by atoms with van der Waals surface area (Å²) in [6, 6.07) is 6.72. The van der Waals surface area contributed by atoms with Crippen molar-refractivity contribution in [2.24, 2.45) is 0 Å². The fourth-order valence-electron chi connectivity index (χ4n) is 2.87. The minimum absolute atomic E-state index is 0.0925. The molecule has 8 heteroatoms. The van der Waals surface area contributed by atoms with Crippen LogP contribution < -0.4 is 10.6 Å². The first-order valence-corrected chi connectivity index (χ1v) is 8.87. The lowest BCUT2D eigenvalue weighted by Gasteiger charge is -2.14. The van der Waals surface area contributed by atoms with Gasteiger partial charge in [0.25, 0.3) is 5.91 Å². The molecule has 2 aromatic rings. The van der Waals surface area contributed by atoms with E-state index in [1.807, 2.05) is 12.1 Å². The highest BCUT2D eigenvalue weighted by atomic mass is 16.5. The molecule has 0 unspecified atom stereocenters. The van der Waals surface area contributed by atoms with E-state index in [0.29, 0.717) is 11.1 Å². The number of hydrogen-bond acceptors (Lipinski definition) is 6. The van der Waals surface area contributed by atoms with Gasteiger partial charge in [0.1, 0.15) is 5.52 Å². The summed E-state index contributed by atoms with van der Waals surface area (Å²) < 4.78 is 10.4. The van der Waals surface area contributed by atoms with Crippen molar-refractivity contribution in [3.63, 3.8) is 0 Å². The lowest BCUT2D eigenvalue weighted by molar-refractivity contribution is -0.149. The quantitative estimate of drug-likeness (QED) is 0.617. The SMILES string of the molecule is C[C@@H](OC(=O)/C=C/c1nc2ccccc2o1)C(=O)NC(=O)NC1CCCC1. The minimum atomic E-state index is -1.11. The van der Waals surface area contributed by atoms with Crippen molar-refractivity contribution >= 4 is 35.1 Å².